The zero-order chi connectivity index (χ0) is 27.0. The molecule has 7 nitrogen and oxygen atoms in total. The molecule has 1 aliphatic rings. The lowest BCUT2D eigenvalue weighted by molar-refractivity contribution is 0.0618. The molecule has 3 aromatic rings. The van der Waals surface area contributed by atoms with Crippen LogP contribution in [-0.4, -0.2) is 33.3 Å². The molecule has 1 unspecified atom stereocenters. The second-order valence-corrected chi connectivity index (χ2v) is 12.1. The van der Waals surface area contributed by atoms with Crippen LogP contribution in [0.15, 0.2) is 60.7 Å². The van der Waals surface area contributed by atoms with Gasteiger partial charge in [-0.1, -0.05) is 30.3 Å². The van der Waals surface area contributed by atoms with Crippen molar-refractivity contribution in [2.45, 2.75) is 52.3 Å². The second kappa shape index (κ2) is 10.1. The number of hydrogen-bond donors (Lipinski definition) is 1. The molecule has 0 saturated heterocycles. The van der Waals surface area contributed by atoms with E-state index in [9.17, 15) is 13.2 Å². The van der Waals surface area contributed by atoms with Gasteiger partial charge in [-0.3, -0.25) is 9.10 Å². The Morgan fingerprint density at radius 2 is 1.73 bits per heavy atom. The highest BCUT2D eigenvalue weighted by molar-refractivity contribution is 7.92. The number of hydrogen-bond acceptors (Lipinski definition) is 5. The molecule has 8 heteroatoms. The summed E-state index contributed by atoms with van der Waals surface area (Å²) in [6, 6.07) is 18.1. The van der Waals surface area contributed by atoms with Gasteiger partial charge in [-0.15, -0.1) is 0 Å². The standard InChI is InChI=1S/C29H34N2O5S/c1-19-8-7-9-20(2)27(19)31(37(6,33)34)18-21-10-12-22(13-11-21)28(32)30-25-17-29(3,4)36-26-15-14-23(35-5)16-24(25)26/h7-16,25H,17-18H2,1-6H3,(H,30,32). The highest BCUT2D eigenvalue weighted by atomic mass is 32.2. The first-order valence-corrected chi connectivity index (χ1v) is 14.0. The molecule has 4 rings (SSSR count). The Kier molecular flexibility index (Phi) is 7.24. The van der Waals surface area contributed by atoms with Crippen molar-refractivity contribution in [2.24, 2.45) is 0 Å². The Bertz CT molecular complexity index is 1390. The first-order chi connectivity index (χ1) is 17.4. The maximum absolute atomic E-state index is 13.2. The molecule has 1 heterocycles. The van der Waals surface area contributed by atoms with Crippen LogP contribution in [0.3, 0.4) is 0 Å². The van der Waals surface area contributed by atoms with E-state index in [2.05, 4.69) is 5.32 Å². The van der Waals surface area contributed by atoms with Crippen molar-refractivity contribution in [3.63, 3.8) is 0 Å². The van der Waals surface area contributed by atoms with Gasteiger partial charge in [0, 0.05) is 17.5 Å². The molecule has 37 heavy (non-hydrogen) atoms. The van der Waals surface area contributed by atoms with E-state index in [1.165, 1.54) is 10.6 Å². The van der Waals surface area contributed by atoms with Crippen LogP contribution in [0.2, 0.25) is 0 Å². The molecule has 0 bridgehead atoms. The normalized spacial score (nSPS) is 16.3. The SMILES string of the molecule is COc1ccc2c(c1)C(NC(=O)c1ccc(CN(c3c(C)cccc3C)S(C)(=O)=O)cc1)CC(C)(C)O2. The van der Waals surface area contributed by atoms with E-state index in [0.717, 1.165) is 28.0 Å². The predicted octanol–water partition coefficient (Wildman–Crippen LogP) is 5.31. The minimum atomic E-state index is -3.52. The lowest BCUT2D eigenvalue weighted by Gasteiger charge is -2.38. The van der Waals surface area contributed by atoms with Crippen LogP contribution < -0.4 is 19.1 Å². The van der Waals surface area contributed by atoms with Crippen LogP contribution in [-0.2, 0) is 16.6 Å². The van der Waals surface area contributed by atoms with E-state index in [0.29, 0.717) is 23.4 Å². The monoisotopic (exact) mass is 522 g/mol. The van der Waals surface area contributed by atoms with Crippen LogP contribution in [0.5, 0.6) is 11.5 Å². The third-order valence-corrected chi connectivity index (χ3v) is 7.72. The third-order valence-electron chi connectivity index (χ3n) is 6.61. The number of fused-ring (bicyclic) bond motifs is 1. The first kappa shape index (κ1) is 26.5. The molecular weight excluding hydrogens is 488 g/mol. The zero-order valence-corrected chi connectivity index (χ0v) is 23.0. The Labute approximate surface area is 219 Å². The van der Waals surface area contributed by atoms with Crippen molar-refractivity contribution in [2.75, 3.05) is 17.7 Å². The number of ether oxygens (including phenoxy) is 2. The van der Waals surface area contributed by atoms with Gasteiger partial charge in [0.15, 0.2) is 0 Å². The summed E-state index contributed by atoms with van der Waals surface area (Å²) in [7, 11) is -1.91. The summed E-state index contributed by atoms with van der Waals surface area (Å²) in [5.41, 5.74) is 4.17. The van der Waals surface area contributed by atoms with Gasteiger partial charge in [0.05, 0.1) is 31.6 Å². The number of carbonyl (C=O) groups is 1. The number of anilines is 1. The van der Waals surface area contributed by atoms with Crippen molar-refractivity contribution in [3.8, 4) is 11.5 Å². The number of benzene rings is 3. The molecule has 1 N–H and O–H groups in total. The van der Waals surface area contributed by atoms with E-state index >= 15 is 0 Å². The molecule has 0 aliphatic carbocycles. The highest BCUT2D eigenvalue weighted by Crippen LogP contribution is 2.41. The molecule has 1 atom stereocenters. The van der Waals surface area contributed by atoms with Gasteiger partial charge >= 0.3 is 0 Å². The molecule has 0 radical (unpaired) electrons. The summed E-state index contributed by atoms with van der Waals surface area (Å²) < 4.78 is 38.3. The Balaban J connectivity index is 1.55. The summed E-state index contributed by atoms with van der Waals surface area (Å²) in [6.45, 7) is 7.97. The Hall–Kier alpha value is -3.52. The van der Waals surface area contributed by atoms with E-state index in [1.807, 2.05) is 64.1 Å². The number of aryl methyl sites for hydroxylation is 2. The molecule has 0 spiro atoms. The van der Waals surface area contributed by atoms with Crippen LogP contribution in [0.1, 0.15) is 58.9 Å². The minimum Gasteiger partial charge on any atom is -0.497 e. The number of carbonyl (C=O) groups excluding carboxylic acids is 1. The lowest BCUT2D eigenvalue weighted by Crippen LogP contribution is -2.41. The van der Waals surface area contributed by atoms with Crippen molar-refractivity contribution in [1.29, 1.82) is 0 Å². The number of amides is 1. The van der Waals surface area contributed by atoms with Gasteiger partial charge in [0.25, 0.3) is 5.91 Å². The molecule has 1 aliphatic heterocycles. The number of nitrogens with zero attached hydrogens (tertiary/aromatic N) is 1. The van der Waals surface area contributed by atoms with E-state index in [-0.39, 0.29) is 18.5 Å². The summed E-state index contributed by atoms with van der Waals surface area (Å²) >= 11 is 0. The summed E-state index contributed by atoms with van der Waals surface area (Å²) in [5, 5.41) is 3.14. The quantitative estimate of drug-likeness (QED) is 0.455. The maximum Gasteiger partial charge on any atom is 0.251 e. The third kappa shape index (κ3) is 5.91. The van der Waals surface area contributed by atoms with Crippen LogP contribution >= 0.6 is 0 Å². The minimum absolute atomic E-state index is 0.174. The number of para-hydroxylation sites is 1. The topological polar surface area (TPSA) is 84.9 Å². The highest BCUT2D eigenvalue weighted by Gasteiger charge is 2.35. The lowest BCUT2D eigenvalue weighted by atomic mass is 9.89. The van der Waals surface area contributed by atoms with Crippen molar-refractivity contribution in [3.05, 3.63) is 88.5 Å². The molecule has 3 aromatic carbocycles. The van der Waals surface area contributed by atoms with Gasteiger partial charge in [0.2, 0.25) is 10.0 Å². The molecule has 0 aromatic heterocycles. The van der Waals surface area contributed by atoms with Crippen molar-refractivity contribution in [1.82, 2.24) is 5.32 Å². The van der Waals surface area contributed by atoms with Gasteiger partial charge in [-0.2, -0.15) is 0 Å². The van der Waals surface area contributed by atoms with Crippen molar-refractivity contribution < 1.29 is 22.7 Å². The van der Waals surface area contributed by atoms with Crippen LogP contribution in [0.25, 0.3) is 0 Å². The van der Waals surface area contributed by atoms with Gasteiger partial charge in [-0.05, 0) is 74.7 Å². The van der Waals surface area contributed by atoms with E-state index in [1.54, 1.807) is 31.4 Å². The first-order valence-electron chi connectivity index (χ1n) is 12.2. The second-order valence-electron chi connectivity index (χ2n) is 10.2. The fourth-order valence-electron chi connectivity index (χ4n) is 4.82. The van der Waals surface area contributed by atoms with Gasteiger partial charge < -0.3 is 14.8 Å². The number of sulfonamides is 1. The van der Waals surface area contributed by atoms with Gasteiger partial charge in [0.1, 0.15) is 17.1 Å². The maximum atomic E-state index is 13.2. The Morgan fingerprint density at radius 3 is 2.32 bits per heavy atom. The predicted molar refractivity (Wildman–Crippen MR) is 146 cm³/mol. The fourth-order valence-corrected chi connectivity index (χ4v) is 5.82. The Morgan fingerprint density at radius 1 is 1.08 bits per heavy atom. The fraction of sp³-hybridized carbons (Fsp3) is 0.345. The molecule has 196 valence electrons. The number of nitrogens with one attached hydrogen (secondary N) is 1. The zero-order valence-electron chi connectivity index (χ0n) is 22.2. The molecule has 1 amide bonds. The summed E-state index contributed by atoms with van der Waals surface area (Å²) in [4.78, 5) is 13.2. The van der Waals surface area contributed by atoms with E-state index < -0.39 is 15.6 Å². The van der Waals surface area contributed by atoms with Crippen LogP contribution in [0.4, 0.5) is 5.69 Å². The number of methoxy groups -OCH3 is 1. The number of rotatable bonds is 7. The average Bonchev–Trinajstić information content (AvgIpc) is 2.82. The van der Waals surface area contributed by atoms with Gasteiger partial charge in [-0.25, -0.2) is 8.42 Å². The smallest absolute Gasteiger partial charge is 0.251 e. The average molecular weight is 523 g/mol. The van der Waals surface area contributed by atoms with E-state index in [4.69, 9.17) is 9.47 Å². The van der Waals surface area contributed by atoms with Crippen molar-refractivity contribution >= 4 is 21.6 Å². The summed E-state index contributed by atoms with van der Waals surface area (Å²) in [6.07, 6.45) is 1.82. The van der Waals surface area contributed by atoms with Crippen LogP contribution in [0, 0.1) is 13.8 Å². The molecule has 0 fully saturated rings. The molecular formula is C29H34N2O5S. The summed E-state index contributed by atoms with van der Waals surface area (Å²) in [5.74, 6) is 1.22. The molecule has 0 saturated carbocycles. The largest absolute Gasteiger partial charge is 0.497 e.